The van der Waals surface area contributed by atoms with E-state index in [0.29, 0.717) is 17.8 Å². The number of amides is 1. The first-order chi connectivity index (χ1) is 9.13. The third-order valence-electron chi connectivity index (χ3n) is 2.71. The first kappa shape index (κ1) is 13.5. The highest BCUT2D eigenvalue weighted by molar-refractivity contribution is 6.33. The number of rotatable bonds is 4. The number of carbonyl (C=O) groups excluding carboxylic acids is 1. The van der Waals surface area contributed by atoms with Gasteiger partial charge in [-0.2, -0.15) is 5.10 Å². The molecule has 0 atom stereocenters. The van der Waals surface area contributed by atoms with Crippen molar-refractivity contribution in [3.05, 3.63) is 52.6 Å². The van der Waals surface area contributed by atoms with Gasteiger partial charge in [-0.05, 0) is 13.0 Å². The highest BCUT2D eigenvalue weighted by atomic mass is 35.5. The molecule has 0 spiro atoms. The van der Waals surface area contributed by atoms with E-state index < -0.39 is 0 Å². The van der Waals surface area contributed by atoms with E-state index in [2.05, 4.69) is 10.4 Å². The van der Waals surface area contributed by atoms with E-state index in [-0.39, 0.29) is 23.3 Å². The molecule has 0 aliphatic carbocycles. The van der Waals surface area contributed by atoms with Crippen LogP contribution in [0.2, 0.25) is 5.02 Å². The zero-order chi connectivity index (χ0) is 13.8. The topological polar surface area (TPSA) is 46.9 Å². The van der Waals surface area contributed by atoms with Gasteiger partial charge in [-0.25, -0.2) is 4.39 Å². The highest BCUT2D eigenvalue weighted by Gasteiger charge is 2.16. The number of halogens is 2. The van der Waals surface area contributed by atoms with Crippen molar-refractivity contribution in [1.29, 1.82) is 0 Å². The van der Waals surface area contributed by atoms with Crippen LogP contribution in [0.25, 0.3) is 0 Å². The Morgan fingerprint density at radius 3 is 2.89 bits per heavy atom. The second-order valence-corrected chi connectivity index (χ2v) is 4.34. The van der Waals surface area contributed by atoms with Crippen molar-refractivity contribution in [2.45, 2.75) is 20.0 Å². The largest absolute Gasteiger partial charge is 0.346 e. The zero-order valence-electron chi connectivity index (χ0n) is 10.4. The number of benzene rings is 1. The van der Waals surface area contributed by atoms with Crippen molar-refractivity contribution in [3.63, 3.8) is 0 Å². The Morgan fingerprint density at radius 2 is 2.21 bits per heavy atom. The number of aryl methyl sites for hydroxylation is 1. The Kier molecular flexibility index (Phi) is 4.16. The molecule has 0 bridgehead atoms. The van der Waals surface area contributed by atoms with E-state index in [1.807, 2.05) is 6.92 Å². The maximum atomic E-state index is 13.4. The van der Waals surface area contributed by atoms with Gasteiger partial charge in [-0.15, -0.1) is 0 Å². The summed E-state index contributed by atoms with van der Waals surface area (Å²) in [5.74, 6) is -0.717. The molecule has 2 rings (SSSR count). The number of nitrogens with zero attached hydrogens (tertiary/aromatic N) is 2. The quantitative estimate of drug-likeness (QED) is 0.936. The summed E-state index contributed by atoms with van der Waals surface area (Å²) < 4.78 is 14.9. The molecule has 0 saturated heterocycles. The minimum Gasteiger partial charge on any atom is -0.346 e. The maximum Gasteiger partial charge on any atom is 0.271 e. The Bertz CT molecular complexity index is 597. The molecule has 0 aliphatic heterocycles. The Labute approximate surface area is 115 Å². The molecule has 2 aromatic rings. The van der Waals surface area contributed by atoms with Crippen LogP contribution in [-0.4, -0.2) is 15.7 Å². The second-order valence-electron chi connectivity index (χ2n) is 3.93. The van der Waals surface area contributed by atoms with E-state index in [1.54, 1.807) is 18.2 Å². The average molecular weight is 282 g/mol. The van der Waals surface area contributed by atoms with Gasteiger partial charge in [-0.1, -0.05) is 29.8 Å². The molecule has 4 nitrogen and oxygen atoms in total. The number of aromatic nitrogens is 2. The van der Waals surface area contributed by atoms with Crippen LogP contribution in [0.3, 0.4) is 0 Å². The van der Waals surface area contributed by atoms with Crippen molar-refractivity contribution in [2.75, 3.05) is 0 Å². The number of carbonyl (C=O) groups is 1. The summed E-state index contributed by atoms with van der Waals surface area (Å²) in [7, 11) is 0. The Morgan fingerprint density at radius 1 is 1.47 bits per heavy atom. The van der Waals surface area contributed by atoms with Crippen LogP contribution in [-0.2, 0) is 13.1 Å². The van der Waals surface area contributed by atoms with Crippen molar-refractivity contribution in [3.8, 4) is 0 Å². The summed E-state index contributed by atoms with van der Waals surface area (Å²) in [5.41, 5.74) is 0.718. The molecular weight excluding hydrogens is 269 g/mol. The number of hydrogen-bond acceptors (Lipinski definition) is 2. The van der Waals surface area contributed by atoms with Gasteiger partial charge in [0.05, 0.1) is 11.2 Å². The SMILES string of the molecule is CCn1ncc(Cl)c1C(=O)NCc1ccccc1F. The van der Waals surface area contributed by atoms with Gasteiger partial charge in [0.25, 0.3) is 5.91 Å². The molecule has 6 heteroatoms. The van der Waals surface area contributed by atoms with Crippen molar-refractivity contribution < 1.29 is 9.18 Å². The van der Waals surface area contributed by atoms with Crippen LogP contribution >= 0.6 is 11.6 Å². The van der Waals surface area contributed by atoms with Crippen LogP contribution in [0.5, 0.6) is 0 Å². The lowest BCUT2D eigenvalue weighted by molar-refractivity contribution is 0.0940. The molecule has 1 aromatic heterocycles. The van der Waals surface area contributed by atoms with Gasteiger partial charge in [0, 0.05) is 18.7 Å². The van der Waals surface area contributed by atoms with E-state index in [1.165, 1.54) is 16.9 Å². The molecular formula is C13H13ClFN3O. The zero-order valence-corrected chi connectivity index (χ0v) is 11.1. The lowest BCUT2D eigenvalue weighted by Gasteiger charge is -2.08. The molecule has 1 amide bonds. The van der Waals surface area contributed by atoms with Gasteiger partial charge in [0.1, 0.15) is 11.5 Å². The fourth-order valence-electron chi connectivity index (χ4n) is 1.73. The third kappa shape index (κ3) is 2.93. The molecule has 0 unspecified atom stereocenters. The molecule has 0 fully saturated rings. The normalized spacial score (nSPS) is 10.5. The summed E-state index contributed by atoms with van der Waals surface area (Å²) in [5, 5.41) is 6.90. The maximum absolute atomic E-state index is 13.4. The van der Waals surface area contributed by atoms with Crippen molar-refractivity contribution in [1.82, 2.24) is 15.1 Å². The van der Waals surface area contributed by atoms with Crippen LogP contribution in [0.4, 0.5) is 4.39 Å². The second kappa shape index (κ2) is 5.84. The monoisotopic (exact) mass is 281 g/mol. The molecule has 100 valence electrons. The lowest BCUT2D eigenvalue weighted by Crippen LogP contribution is -2.26. The summed E-state index contributed by atoms with van der Waals surface area (Å²) in [6.45, 7) is 2.50. The summed E-state index contributed by atoms with van der Waals surface area (Å²) in [6.07, 6.45) is 1.42. The summed E-state index contributed by atoms with van der Waals surface area (Å²) >= 11 is 5.91. The van der Waals surface area contributed by atoms with Crippen LogP contribution < -0.4 is 5.32 Å². The minimum absolute atomic E-state index is 0.108. The van der Waals surface area contributed by atoms with E-state index in [4.69, 9.17) is 11.6 Å². The van der Waals surface area contributed by atoms with Crippen molar-refractivity contribution in [2.24, 2.45) is 0 Å². The molecule has 1 heterocycles. The van der Waals surface area contributed by atoms with Gasteiger partial charge in [0.2, 0.25) is 0 Å². The number of hydrogen-bond donors (Lipinski definition) is 1. The predicted octanol–water partition coefficient (Wildman–Crippen LogP) is 2.63. The Hall–Kier alpha value is -1.88. The third-order valence-corrected chi connectivity index (χ3v) is 2.98. The number of nitrogens with one attached hydrogen (secondary N) is 1. The van der Waals surface area contributed by atoms with E-state index in [0.717, 1.165) is 0 Å². The van der Waals surface area contributed by atoms with Gasteiger partial charge in [0.15, 0.2) is 0 Å². The van der Waals surface area contributed by atoms with Gasteiger partial charge in [-0.3, -0.25) is 9.48 Å². The summed E-state index contributed by atoms with van der Waals surface area (Å²) in [6, 6.07) is 6.29. The molecule has 0 radical (unpaired) electrons. The minimum atomic E-state index is -0.368. The van der Waals surface area contributed by atoms with Gasteiger partial charge >= 0.3 is 0 Å². The van der Waals surface area contributed by atoms with E-state index in [9.17, 15) is 9.18 Å². The fourth-order valence-corrected chi connectivity index (χ4v) is 1.96. The molecule has 0 aliphatic rings. The first-order valence-electron chi connectivity index (χ1n) is 5.86. The van der Waals surface area contributed by atoms with Crippen LogP contribution in [0.1, 0.15) is 23.0 Å². The highest BCUT2D eigenvalue weighted by Crippen LogP contribution is 2.15. The standard InChI is InChI=1S/C13H13ClFN3O/c1-2-18-12(10(14)8-17-18)13(19)16-7-9-5-3-4-6-11(9)15/h3-6,8H,2,7H2,1H3,(H,16,19). The van der Waals surface area contributed by atoms with Crippen molar-refractivity contribution >= 4 is 17.5 Å². The van der Waals surface area contributed by atoms with Crippen LogP contribution in [0, 0.1) is 5.82 Å². The molecule has 1 N–H and O–H groups in total. The lowest BCUT2D eigenvalue weighted by atomic mass is 10.2. The molecule has 0 saturated carbocycles. The molecule has 19 heavy (non-hydrogen) atoms. The van der Waals surface area contributed by atoms with Gasteiger partial charge < -0.3 is 5.32 Å². The molecule has 1 aromatic carbocycles. The predicted molar refractivity (Wildman–Crippen MR) is 70.5 cm³/mol. The van der Waals surface area contributed by atoms with Crippen LogP contribution in [0.15, 0.2) is 30.5 Å². The average Bonchev–Trinajstić information content (AvgIpc) is 2.78. The summed E-state index contributed by atoms with van der Waals surface area (Å²) in [4.78, 5) is 12.0. The van der Waals surface area contributed by atoms with E-state index >= 15 is 0 Å². The fraction of sp³-hybridized carbons (Fsp3) is 0.231. The first-order valence-corrected chi connectivity index (χ1v) is 6.24. The smallest absolute Gasteiger partial charge is 0.271 e. The Balaban J connectivity index is 2.10.